The topological polar surface area (TPSA) is 12.4 Å². The summed E-state index contributed by atoms with van der Waals surface area (Å²) >= 11 is 1.82. The zero-order valence-corrected chi connectivity index (χ0v) is 7.65. The summed E-state index contributed by atoms with van der Waals surface area (Å²) in [6, 6.07) is 0. The van der Waals surface area contributed by atoms with Gasteiger partial charge in [-0.05, 0) is 37.1 Å². The molecule has 1 nitrogen and oxygen atoms in total. The molecule has 1 unspecified atom stereocenters. The molecule has 0 aromatic rings. The predicted octanol–water partition coefficient (Wildman–Crippen LogP) is 3.06. The maximum atomic E-state index is 4.23. The van der Waals surface area contributed by atoms with Crippen LogP contribution in [0.3, 0.4) is 0 Å². The van der Waals surface area contributed by atoms with E-state index in [1.54, 1.807) is 0 Å². The fourth-order valence-electron chi connectivity index (χ4n) is 2.10. The minimum Gasteiger partial charge on any atom is -0.229 e. The van der Waals surface area contributed by atoms with E-state index in [1.807, 2.05) is 11.9 Å². The summed E-state index contributed by atoms with van der Waals surface area (Å²) in [6.07, 6.45) is 10.6. The highest BCUT2D eigenvalue weighted by molar-refractivity contribution is 7.99. The Balaban J connectivity index is 1.83. The largest absolute Gasteiger partial charge is 0.229 e. The minimum absolute atomic E-state index is 0.843. The SMILES string of the molecule is C1=NSC(C2CCCCC2)C1. The first-order chi connectivity index (χ1) is 5.47. The van der Waals surface area contributed by atoms with Crippen LogP contribution in [-0.4, -0.2) is 11.5 Å². The third-order valence-electron chi connectivity index (χ3n) is 2.78. The highest BCUT2D eigenvalue weighted by Crippen LogP contribution is 2.36. The van der Waals surface area contributed by atoms with Crippen LogP contribution >= 0.6 is 11.9 Å². The molecule has 2 rings (SSSR count). The molecule has 2 heteroatoms. The van der Waals surface area contributed by atoms with Crippen molar-refractivity contribution in [2.24, 2.45) is 10.3 Å². The van der Waals surface area contributed by atoms with Crippen molar-refractivity contribution in [1.29, 1.82) is 0 Å². The van der Waals surface area contributed by atoms with Crippen molar-refractivity contribution in [3.63, 3.8) is 0 Å². The second-order valence-electron chi connectivity index (χ2n) is 3.57. The van der Waals surface area contributed by atoms with Gasteiger partial charge in [-0.25, -0.2) is 4.40 Å². The maximum Gasteiger partial charge on any atom is 0.0344 e. The van der Waals surface area contributed by atoms with Crippen LogP contribution < -0.4 is 0 Å². The van der Waals surface area contributed by atoms with Crippen molar-refractivity contribution in [2.75, 3.05) is 0 Å². The zero-order valence-electron chi connectivity index (χ0n) is 6.83. The van der Waals surface area contributed by atoms with Gasteiger partial charge in [0.2, 0.25) is 0 Å². The van der Waals surface area contributed by atoms with E-state index in [0.717, 1.165) is 11.2 Å². The summed E-state index contributed by atoms with van der Waals surface area (Å²) in [4.78, 5) is 0. The summed E-state index contributed by atoms with van der Waals surface area (Å²) in [5, 5.41) is 0.843. The van der Waals surface area contributed by atoms with Gasteiger partial charge in [-0.1, -0.05) is 19.3 Å². The van der Waals surface area contributed by atoms with Crippen molar-refractivity contribution in [3.8, 4) is 0 Å². The third kappa shape index (κ3) is 1.78. The van der Waals surface area contributed by atoms with Crippen LogP contribution in [0.1, 0.15) is 38.5 Å². The summed E-state index contributed by atoms with van der Waals surface area (Å²) in [5.41, 5.74) is 0. The highest BCUT2D eigenvalue weighted by atomic mass is 32.2. The van der Waals surface area contributed by atoms with Crippen LogP contribution in [0, 0.1) is 5.92 Å². The van der Waals surface area contributed by atoms with Gasteiger partial charge in [0.1, 0.15) is 0 Å². The van der Waals surface area contributed by atoms with E-state index in [9.17, 15) is 0 Å². The average molecular weight is 169 g/mol. The van der Waals surface area contributed by atoms with Crippen molar-refractivity contribution >= 4 is 18.2 Å². The van der Waals surface area contributed by atoms with E-state index in [2.05, 4.69) is 10.6 Å². The third-order valence-corrected chi connectivity index (χ3v) is 3.90. The van der Waals surface area contributed by atoms with E-state index in [0.29, 0.717) is 0 Å². The van der Waals surface area contributed by atoms with E-state index in [-0.39, 0.29) is 0 Å². The van der Waals surface area contributed by atoms with E-state index >= 15 is 0 Å². The van der Waals surface area contributed by atoms with Crippen LogP contribution in [0.4, 0.5) is 0 Å². The van der Waals surface area contributed by atoms with Gasteiger partial charge >= 0.3 is 0 Å². The number of hydrogen-bond acceptors (Lipinski definition) is 2. The fourth-order valence-corrected chi connectivity index (χ4v) is 3.04. The van der Waals surface area contributed by atoms with Gasteiger partial charge in [0.25, 0.3) is 0 Å². The minimum atomic E-state index is 0.843. The van der Waals surface area contributed by atoms with Gasteiger partial charge < -0.3 is 0 Å². The Bertz CT molecular complexity index is 142. The molecule has 0 aromatic carbocycles. The van der Waals surface area contributed by atoms with Gasteiger partial charge in [-0.3, -0.25) is 0 Å². The maximum absolute atomic E-state index is 4.23. The fraction of sp³-hybridized carbons (Fsp3) is 0.889. The molecule has 11 heavy (non-hydrogen) atoms. The molecule has 0 radical (unpaired) electrons. The van der Waals surface area contributed by atoms with Crippen molar-refractivity contribution in [2.45, 2.75) is 43.8 Å². The summed E-state index contributed by atoms with van der Waals surface area (Å²) in [7, 11) is 0. The molecule has 0 spiro atoms. The van der Waals surface area contributed by atoms with E-state index in [1.165, 1.54) is 38.5 Å². The molecule has 1 aliphatic carbocycles. The van der Waals surface area contributed by atoms with E-state index in [4.69, 9.17) is 0 Å². The van der Waals surface area contributed by atoms with E-state index < -0.39 is 0 Å². The van der Waals surface area contributed by atoms with Crippen molar-refractivity contribution in [1.82, 2.24) is 0 Å². The molecule has 1 saturated carbocycles. The molecule has 0 amide bonds. The van der Waals surface area contributed by atoms with Gasteiger partial charge in [0.05, 0.1) is 0 Å². The lowest BCUT2D eigenvalue weighted by molar-refractivity contribution is 0.353. The number of rotatable bonds is 1. The molecule has 62 valence electrons. The molecule has 0 bridgehead atoms. The first-order valence-corrected chi connectivity index (χ1v) is 5.48. The molecule has 1 atom stereocenters. The number of nitrogens with zero attached hydrogens (tertiary/aromatic N) is 1. The molecule has 1 aliphatic heterocycles. The lowest BCUT2D eigenvalue weighted by atomic mass is 9.86. The first-order valence-electron chi connectivity index (χ1n) is 4.64. The molecular formula is C9H15NS. The lowest BCUT2D eigenvalue weighted by Crippen LogP contribution is -2.18. The van der Waals surface area contributed by atoms with Crippen LogP contribution in [0.15, 0.2) is 4.40 Å². The normalized spacial score (nSPS) is 32.9. The van der Waals surface area contributed by atoms with Crippen LogP contribution in [-0.2, 0) is 0 Å². The van der Waals surface area contributed by atoms with Gasteiger partial charge in [-0.15, -0.1) is 0 Å². The molecule has 2 aliphatic rings. The standard InChI is InChI=1S/C9H15NS/c1-2-4-8(5-3-1)9-6-7-10-11-9/h7-9H,1-6H2. The van der Waals surface area contributed by atoms with Crippen LogP contribution in [0.5, 0.6) is 0 Å². The second kappa shape index (κ2) is 3.61. The Hall–Kier alpha value is 0.0200. The second-order valence-corrected chi connectivity index (χ2v) is 4.59. The molecule has 0 N–H and O–H groups in total. The van der Waals surface area contributed by atoms with Crippen LogP contribution in [0.25, 0.3) is 0 Å². The quantitative estimate of drug-likeness (QED) is 0.549. The predicted molar refractivity (Wildman–Crippen MR) is 51.1 cm³/mol. The zero-order chi connectivity index (χ0) is 7.52. The molecule has 1 heterocycles. The summed E-state index contributed by atoms with van der Waals surface area (Å²) in [5.74, 6) is 0.983. The molecule has 0 saturated heterocycles. The Morgan fingerprint density at radius 1 is 1.18 bits per heavy atom. The Morgan fingerprint density at radius 2 is 2.00 bits per heavy atom. The van der Waals surface area contributed by atoms with Gasteiger partial charge in [-0.2, -0.15) is 0 Å². The van der Waals surface area contributed by atoms with Gasteiger partial charge in [0, 0.05) is 11.5 Å². The Labute approximate surface area is 72.8 Å². The monoisotopic (exact) mass is 169 g/mol. The number of hydrogen-bond donors (Lipinski definition) is 0. The smallest absolute Gasteiger partial charge is 0.0344 e. The Kier molecular flexibility index (Phi) is 2.52. The molecule has 0 aromatic heterocycles. The van der Waals surface area contributed by atoms with Crippen molar-refractivity contribution < 1.29 is 0 Å². The lowest BCUT2D eigenvalue weighted by Gasteiger charge is -2.25. The Morgan fingerprint density at radius 3 is 2.64 bits per heavy atom. The molecular weight excluding hydrogens is 154 g/mol. The summed E-state index contributed by atoms with van der Waals surface area (Å²) < 4.78 is 4.23. The van der Waals surface area contributed by atoms with Crippen molar-refractivity contribution in [3.05, 3.63) is 0 Å². The van der Waals surface area contributed by atoms with Crippen LogP contribution in [0.2, 0.25) is 0 Å². The first kappa shape index (κ1) is 7.66. The average Bonchev–Trinajstić information content (AvgIpc) is 2.58. The summed E-state index contributed by atoms with van der Waals surface area (Å²) in [6.45, 7) is 0. The molecule has 1 fully saturated rings. The van der Waals surface area contributed by atoms with Gasteiger partial charge in [0.15, 0.2) is 0 Å². The highest BCUT2D eigenvalue weighted by Gasteiger charge is 2.25.